The van der Waals surface area contributed by atoms with Crippen molar-refractivity contribution in [2.24, 2.45) is 0 Å². The average molecular weight is 311 g/mol. The molecule has 1 atom stereocenters. The molecular weight excluding hydrogens is 299 g/mol. The van der Waals surface area contributed by atoms with Crippen LogP contribution in [0.2, 0.25) is 10.2 Å². The lowest BCUT2D eigenvalue weighted by atomic mass is 10.1. The Balaban J connectivity index is 2.14. The summed E-state index contributed by atoms with van der Waals surface area (Å²) in [6, 6.07) is 11.1. The predicted molar refractivity (Wildman–Crippen MR) is 78.0 cm³/mol. The number of carbonyl (C=O) groups is 1. The molecule has 1 aromatic carbocycles. The van der Waals surface area contributed by atoms with Crippen molar-refractivity contribution in [2.75, 3.05) is 6.61 Å². The summed E-state index contributed by atoms with van der Waals surface area (Å²) in [5.74, 6) is -0.401. The van der Waals surface area contributed by atoms with Crippen LogP contribution in [0.3, 0.4) is 0 Å². The van der Waals surface area contributed by atoms with Crippen LogP contribution in [-0.2, 0) is 0 Å². The molecule has 2 aromatic rings. The third kappa shape index (κ3) is 3.70. The van der Waals surface area contributed by atoms with E-state index in [9.17, 15) is 9.90 Å². The van der Waals surface area contributed by atoms with Crippen LogP contribution in [0, 0.1) is 0 Å². The van der Waals surface area contributed by atoms with Crippen molar-refractivity contribution >= 4 is 29.1 Å². The molecule has 0 radical (unpaired) electrons. The summed E-state index contributed by atoms with van der Waals surface area (Å²) in [4.78, 5) is 16.0. The Morgan fingerprint density at radius 2 is 1.90 bits per heavy atom. The number of aromatic nitrogens is 1. The van der Waals surface area contributed by atoms with Crippen molar-refractivity contribution in [3.05, 3.63) is 63.9 Å². The molecule has 0 aliphatic heterocycles. The van der Waals surface area contributed by atoms with E-state index < -0.39 is 11.9 Å². The van der Waals surface area contributed by atoms with Crippen molar-refractivity contribution in [3.8, 4) is 0 Å². The molecule has 0 fully saturated rings. The van der Waals surface area contributed by atoms with Gasteiger partial charge in [-0.25, -0.2) is 4.98 Å². The second-order valence-corrected chi connectivity index (χ2v) is 4.93. The van der Waals surface area contributed by atoms with Crippen molar-refractivity contribution in [3.63, 3.8) is 0 Å². The number of aliphatic hydroxyl groups excluding tert-OH is 1. The highest BCUT2D eigenvalue weighted by Crippen LogP contribution is 2.17. The normalized spacial score (nSPS) is 11.9. The first-order chi connectivity index (χ1) is 9.60. The van der Waals surface area contributed by atoms with E-state index in [1.165, 1.54) is 0 Å². The molecule has 2 rings (SSSR count). The standard InChI is InChI=1S/C14H12Cl2N2O2/c15-10-6-4-9(5-7-10)12(8-19)18-14(20)11-2-1-3-13(16)17-11/h1-7,12,19H,8H2,(H,18,20). The SMILES string of the molecule is O=C(NC(CO)c1ccc(Cl)cc1)c1cccc(Cl)n1. The summed E-state index contributed by atoms with van der Waals surface area (Å²) < 4.78 is 0. The molecule has 1 amide bonds. The van der Waals surface area contributed by atoms with Crippen molar-refractivity contribution in [1.29, 1.82) is 0 Å². The summed E-state index contributed by atoms with van der Waals surface area (Å²) in [6.07, 6.45) is 0. The molecule has 0 aliphatic carbocycles. The summed E-state index contributed by atoms with van der Waals surface area (Å²) in [5, 5.41) is 12.9. The Morgan fingerprint density at radius 1 is 1.20 bits per heavy atom. The zero-order valence-electron chi connectivity index (χ0n) is 10.4. The Bertz CT molecular complexity index is 602. The van der Waals surface area contributed by atoms with E-state index in [0.717, 1.165) is 5.56 Å². The molecular formula is C14H12Cl2N2O2. The van der Waals surface area contributed by atoms with Gasteiger partial charge in [-0.15, -0.1) is 0 Å². The molecule has 1 unspecified atom stereocenters. The van der Waals surface area contributed by atoms with Gasteiger partial charge in [-0.1, -0.05) is 41.4 Å². The topological polar surface area (TPSA) is 62.2 Å². The maximum Gasteiger partial charge on any atom is 0.270 e. The van der Waals surface area contributed by atoms with Crippen LogP contribution in [0.4, 0.5) is 0 Å². The Morgan fingerprint density at radius 3 is 2.50 bits per heavy atom. The number of aliphatic hydroxyl groups is 1. The first-order valence-corrected chi connectivity index (χ1v) is 6.65. The number of halogens is 2. The van der Waals surface area contributed by atoms with Gasteiger partial charge in [0.2, 0.25) is 0 Å². The number of rotatable bonds is 4. The van der Waals surface area contributed by atoms with Gasteiger partial charge in [0.25, 0.3) is 5.91 Å². The van der Waals surface area contributed by atoms with Crippen LogP contribution in [0.5, 0.6) is 0 Å². The van der Waals surface area contributed by atoms with Crippen LogP contribution in [-0.4, -0.2) is 22.6 Å². The minimum atomic E-state index is -0.527. The fraction of sp³-hybridized carbons (Fsp3) is 0.143. The monoisotopic (exact) mass is 310 g/mol. The van der Waals surface area contributed by atoms with E-state index in [4.69, 9.17) is 23.2 Å². The average Bonchev–Trinajstić information content (AvgIpc) is 2.45. The van der Waals surface area contributed by atoms with Gasteiger partial charge in [0, 0.05) is 5.02 Å². The zero-order chi connectivity index (χ0) is 14.5. The van der Waals surface area contributed by atoms with E-state index in [0.29, 0.717) is 5.02 Å². The van der Waals surface area contributed by atoms with E-state index in [2.05, 4.69) is 10.3 Å². The number of amides is 1. The highest BCUT2D eigenvalue weighted by atomic mass is 35.5. The minimum Gasteiger partial charge on any atom is -0.394 e. The molecule has 0 saturated carbocycles. The first-order valence-electron chi connectivity index (χ1n) is 5.90. The molecule has 2 N–H and O–H groups in total. The summed E-state index contributed by atoms with van der Waals surface area (Å²) in [5.41, 5.74) is 0.956. The van der Waals surface area contributed by atoms with Gasteiger partial charge in [0.1, 0.15) is 10.8 Å². The lowest BCUT2D eigenvalue weighted by Crippen LogP contribution is -2.31. The number of hydrogen-bond donors (Lipinski definition) is 2. The van der Waals surface area contributed by atoms with Crippen molar-refractivity contribution < 1.29 is 9.90 Å². The molecule has 1 heterocycles. The fourth-order valence-corrected chi connectivity index (χ4v) is 1.99. The van der Waals surface area contributed by atoms with Gasteiger partial charge in [-0.2, -0.15) is 0 Å². The number of hydrogen-bond acceptors (Lipinski definition) is 3. The molecule has 0 spiro atoms. The lowest BCUT2D eigenvalue weighted by Gasteiger charge is -2.16. The van der Waals surface area contributed by atoms with Crippen LogP contribution in [0.1, 0.15) is 22.1 Å². The smallest absolute Gasteiger partial charge is 0.270 e. The van der Waals surface area contributed by atoms with Crippen LogP contribution in [0.15, 0.2) is 42.5 Å². The van der Waals surface area contributed by atoms with Crippen molar-refractivity contribution in [1.82, 2.24) is 10.3 Å². The largest absolute Gasteiger partial charge is 0.394 e. The number of nitrogens with one attached hydrogen (secondary N) is 1. The first kappa shape index (κ1) is 14.8. The summed E-state index contributed by atoms with van der Waals surface area (Å²) in [7, 11) is 0. The molecule has 0 bridgehead atoms. The number of benzene rings is 1. The van der Waals surface area contributed by atoms with Crippen LogP contribution >= 0.6 is 23.2 Å². The van der Waals surface area contributed by atoms with E-state index in [-0.39, 0.29) is 17.5 Å². The second-order valence-electron chi connectivity index (χ2n) is 4.11. The molecule has 4 nitrogen and oxygen atoms in total. The Kier molecular flexibility index (Phi) is 4.95. The molecule has 1 aromatic heterocycles. The van der Waals surface area contributed by atoms with Gasteiger partial charge in [0.05, 0.1) is 12.6 Å². The van der Waals surface area contributed by atoms with E-state index in [1.807, 2.05) is 0 Å². The number of carbonyl (C=O) groups excluding carboxylic acids is 1. The fourth-order valence-electron chi connectivity index (χ4n) is 1.70. The maximum atomic E-state index is 12.0. The van der Waals surface area contributed by atoms with E-state index in [1.54, 1.807) is 42.5 Å². The second kappa shape index (κ2) is 6.70. The van der Waals surface area contributed by atoms with Crippen LogP contribution < -0.4 is 5.32 Å². The molecule has 0 saturated heterocycles. The molecule has 6 heteroatoms. The van der Waals surface area contributed by atoms with Gasteiger partial charge in [-0.05, 0) is 29.8 Å². The molecule has 20 heavy (non-hydrogen) atoms. The summed E-state index contributed by atoms with van der Waals surface area (Å²) in [6.45, 7) is -0.228. The van der Waals surface area contributed by atoms with E-state index >= 15 is 0 Å². The van der Waals surface area contributed by atoms with Gasteiger partial charge in [0.15, 0.2) is 0 Å². The van der Waals surface area contributed by atoms with Gasteiger partial charge in [-0.3, -0.25) is 4.79 Å². The van der Waals surface area contributed by atoms with Gasteiger partial charge >= 0.3 is 0 Å². The van der Waals surface area contributed by atoms with Crippen molar-refractivity contribution in [2.45, 2.75) is 6.04 Å². The van der Waals surface area contributed by atoms with Gasteiger partial charge < -0.3 is 10.4 Å². The Hall–Kier alpha value is -1.62. The third-order valence-electron chi connectivity index (χ3n) is 2.71. The molecule has 0 aliphatic rings. The maximum absolute atomic E-state index is 12.0. The zero-order valence-corrected chi connectivity index (χ0v) is 11.9. The number of pyridine rings is 1. The highest BCUT2D eigenvalue weighted by Gasteiger charge is 2.16. The predicted octanol–water partition coefficient (Wildman–Crippen LogP) is 2.85. The minimum absolute atomic E-state index is 0.199. The number of nitrogens with zero attached hydrogens (tertiary/aromatic N) is 1. The van der Waals surface area contributed by atoms with Crippen LogP contribution in [0.25, 0.3) is 0 Å². The highest BCUT2D eigenvalue weighted by molar-refractivity contribution is 6.30. The third-order valence-corrected chi connectivity index (χ3v) is 3.17. The molecule has 104 valence electrons. The lowest BCUT2D eigenvalue weighted by molar-refractivity contribution is 0.0911. The summed E-state index contributed by atoms with van der Waals surface area (Å²) >= 11 is 11.5. The Labute approximate surface area is 126 Å². The quantitative estimate of drug-likeness (QED) is 0.854.